The molecule has 0 saturated carbocycles. The maximum Gasteiger partial charge on any atom is 0.180 e. The van der Waals surface area contributed by atoms with Gasteiger partial charge in [-0.25, -0.2) is 17.2 Å². The molecule has 1 unspecified atom stereocenters. The van der Waals surface area contributed by atoms with E-state index in [0.717, 1.165) is 12.1 Å². The van der Waals surface area contributed by atoms with Gasteiger partial charge in [-0.3, -0.25) is 0 Å². The van der Waals surface area contributed by atoms with Crippen molar-refractivity contribution < 1.29 is 17.2 Å². The third kappa shape index (κ3) is 3.44. The quantitative estimate of drug-likeness (QED) is 0.816. The maximum atomic E-state index is 13.1. The summed E-state index contributed by atoms with van der Waals surface area (Å²) in [6.45, 7) is 0. The number of hydrogen-bond acceptors (Lipinski definition) is 3. The van der Waals surface area contributed by atoms with Gasteiger partial charge in [-0.1, -0.05) is 30.3 Å². The lowest BCUT2D eigenvalue weighted by molar-refractivity contribution is 0.504. The lowest BCUT2D eigenvalue weighted by Crippen LogP contribution is -2.14. The van der Waals surface area contributed by atoms with Crippen molar-refractivity contribution in [2.24, 2.45) is 0 Å². The molecule has 0 amide bonds. The normalized spacial score (nSPS) is 12.6. The van der Waals surface area contributed by atoms with E-state index in [1.54, 1.807) is 30.3 Å². The van der Waals surface area contributed by atoms with E-state index in [-0.39, 0.29) is 4.90 Å². The highest BCUT2D eigenvalue weighted by atomic mass is 32.2. The molecule has 108 valence electrons. The van der Waals surface area contributed by atoms with Gasteiger partial charge >= 0.3 is 0 Å². The minimum Gasteiger partial charge on any atom is -0.224 e. The Morgan fingerprint density at radius 3 is 2.29 bits per heavy atom. The molecule has 0 aliphatic rings. The highest BCUT2D eigenvalue weighted by Gasteiger charge is 2.23. The van der Waals surface area contributed by atoms with Crippen LogP contribution in [0.1, 0.15) is 11.5 Å². The molecule has 21 heavy (non-hydrogen) atoms. The number of nitrogens with zero attached hydrogens (tertiary/aromatic N) is 1. The van der Waals surface area contributed by atoms with E-state index >= 15 is 0 Å². The van der Waals surface area contributed by atoms with Crippen molar-refractivity contribution in [1.29, 1.82) is 5.26 Å². The summed E-state index contributed by atoms with van der Waals surface area (Å²) in [6.07, 6.45) is 0. The molecule has 0 bridgehead atoms. The Morgan fingerprint density at radius 2 is 1.71 bits per heavy atom. The van der Waals surface area contributed by atoms with Gasteiger partial charge in [0.1, 0.15) is 0 Å². The van der Waals surface area contributed by atoms with Crippen molar-refractivity contribution in [3.05, 3.63) is 65.7 Å². The minimum absolute atomic E-state index is 0.336. The predicted octanol–water partition coefficient (Wildman–Crippen LogP) is 3.05. The molecule has 6 heteroatoms. The van der Waals surface area contributed by atoms with E-state index in [0.29, 0.717) is 11.6 Å². The zero-order valence-electron chi connectivity index (χ0n) is 10.8. The number of rotatable bonds is 4. The predicted molar refractivity (Wildman–Crippen MR) is 73.2 cm³/mol. The van der Waals surface area contributed by atoms with Gasteiger partial charge in [-0.05, 0) is 23.8 Å². The standard InChI is InChI=1S/C15H11F2NO2S/c16-14-7-6-13(8-15(14)17)21(19,20)10-12(9-18)11-4-2-1-3-5-11/h1-8,12H,10H2. The molecule has 0 saturated heterocycles. The first-order chi connectivity index (χ1) is 9.94. The number of benzene rings is 2. The first-order valence-corrected chi connectivity index (χ1v) is 7.71. The lowest BCUT2D eigenvalue weighted by atomic mass is 10.0. The van der Waals surface area contributed by atoms with Crippen LogP contribution in [0.4, 0.5) is 8.78 Å². The smallest absolute Gasteiger partial charge is 0.180 e. The van der Waals surface area contributed by atoms with Crippen LogP contribution >= 0.6 is 0 Å². The number of halogens is 2. The second-order valence-electron chi connectivity index (χ2n) is 4.45. The second kappa shape index (κ2) is 6.02. The van der Waals surface area contributed by atoms with E-state index in [4.69, 9.17) is 5.26 Å². The fourth-order valence-electron chi connectivity index (χ4n) is 1.88. The van der Waals surface area contributed by atoms with Crippen LogP contribution in [0.2, 0.25) is 0 Å². The van der Waals surface area contributed by atoms with Crippen LogP contribution < -0.4 is 0 Å². The van der Waals surface area contributed by atoms with Crippen LogP contribution in [0, 0.1) is 23.0 Å². The summed E-state index contributed by atoms with van der Waals surface area (Å²) in [7, 11) is -3.89. The van der Waals surface area contributed by atoms with Crippen molar-refractivity contribution >= 4 is 9.84 Å². The fraction of sp³-hybridized carbons (Fsp3) is 0.133. The van der Waals surface area contributed by atoms with Gasteiger partial charge in [0, 0.05) is 0 Å². The van der Waals surface area contributed by atoms with Crippen LogP contribution in [0.15, 0.2) is 53.4 Å². The topological polar surface area (TPSA) is 57.9 Å². The van der Waals surface area contributed by atoms with Gasteiger partial charge in [-0.2, -0.15) is 5.26 Å². The maximum absolute atomic E-state index is 13.1. The molecule has 1 atom stereocenters. The van der Waals surface area contributed by atoms with Crippen molar-refractivity contribution in [3.8, 4) is 6.07 Å². The van der Waals surface area contributed by atoms with Gasteiger partial charge in [0.05, 0.1) is 22.6 Å². The zero-order valence-corrected chi connectivity index (χ0v) is 11.6. The van der Waals surface area contributed by atoms with Crippen molar-refractivity contribution in [2.75, 3.05) is 5.75 Å². The van der Waals surface area contributed by atoms with Crippen LogP contribution in [-0.4, -0.2) is 14.2 Å². The molecule has 0 fully saturated rings. The number of hydrogen-bond donors (Lipinski definition) is 0. The monoisotopic (exact) mass is 307 g/mol. The first kappa shape index (κ1) is 15.1. The molecule has 0 radical (unpaired) electrons. The Hall–Kier alpha value is -2.26. The third-order valence-electron chi connectivity index (χ3n) is 2.99. The molecule has 2 aromatic rings. The molecule has 0 aromatic heterocycles. The Balaban J connectivity index is 2.32. The summed E-state index contributed by atoms with van der Waals surface area (Å²) in [5, 5.41) is 9.14. The van der Waals surface area contributed by atoms with Gasteiger partial charge in [-0.15, -0.1) is 0 Å². The lowest BCUT2D eigenvalue weighted by Gasteiger charge is -2.10. The Kier molecular flexibility index (Phi) is 4.34. The van der Waals surface area contributed by atoms with Crippen molar-refractivity contribution in [2.45, 2.75) is 10.8 Å². The first-order valence-electron chi connectivity index (χ1n) is 6.06. The molecule has 0 spiro atoms. The second-order valence-corrected chi connectivity index (χ2v) is 6.48. The molecule has 2 rings (SSSR count). The Labute approximate surface area is 121 Å². The van der Waals surface area contributed by atoms with Crippen molar-refractivity contribution in [3.63, 3.8) is 0 Å². The SMILES string of the molecule is N#CC(CS(=O)(=O)c1ccc(F)c(F)c1)c1ccccc1. The van der Waals surface area contributed by atoms with Gasteiger partial charge in [0.2, 0.25) is 0 Å². The summed E-state index contributed by atoms with van der Waals surface area (Å²) in [4.78, 5) is -0.336. The van der Waals surface area contributed by atoms with E-state index in [1.165, 1.54) is 0 Å². The van der Waals surface area contributed by atoms with Crippen LogP contribution in [0.5, 0.6) is 0 Å². The minimum atomic E-state index is -3.89. The highest BCUT2D eigenvalue weighted by molar-refractivity contribution is 7.91. The van der Waals surface area contributed by atoms with Crippen LogP contribution in [0.3, 0.4) is 0 Å². The molecule has 0 N–H and O–H groups in total. The average Bonchev–Trinajstić information content (AvgIpc) is 2.48. The number of nitriles is 1. The van der Waals surface area contributed by atoms with E-state index in [9.17, 15) is 17.2 Å². The van der Waals surface area contributed by atoms with E-state index in [1.807, 2.05) is 6.07 Å². The summed E-state index contributed by atoms with van der Waals surface area (Å²) in [5.74, 6) is -3.71. The van der Waals surface area contributed by atoms with Gasteiger partial charge in [0.25, 0.3) is 0 Å². The largest absolute Gasteiger partial charge is 0.224 e. The fourth-order valence-corrected chi connectivity index (χ4v) is 3.34. The van der Waals surface area contributed by atoms with Gasteiger partial charge in [0.15, 0.2) is 21.5 Å². The molecular formula is C15H11F2NO2S. The summed E-state index contributed by atoms with van der Waals surface area (Å²) in [5.41, 5.74) is 0.561. The molecule has 3 nitrogen and oxygen atoms in total. The van der Waals surface area contributed by atoms with Crippen LogP contribution in [0.25, 0.3) is 0 Å². The van der Waals surface area contributed by atoms with Gasteiger partial charge < -0.3 is 0 Å². The zero-order chi connectivity index (χ0) is 15.5. The molecule has 0 aliphatic carbocycles. The molecular weight excluding hydrogens is 296 g/mol. The van der Waals surface area contributed by atoms with Crippen LogP contribution in [-0.2, 0) is 9.84 Å². The molecule has 2 aromatic carbocycles. The summed E-state index contributed by atoms with van der Waals surface area (Å²) >= 11 is 0. The average molecular weight is 307 g/mol. The molecule has 0 aliphatic heterocycles. The molecule has 0 heterocycles. The number of sulfone groups is 1. The van der Waals surface area contributed by atoms with Crippen molar-refractivity contribution in [1.82, 2.24) is 0 Å². The Bertz CT molecular complexity index is 783. The third-order valence-corrected chi connectivity index (χ3v) is 4.74. The highest BCUT2D eigenvalue weighted by Crippen LogP contribution is 2.22. The van der Waals surface area contributed by atoms with E-state index in [2.05, 4.69) is 0 Å². The summed E-state index contributed by atoms with van der Waals surface area (Å²) in [6, 6.07) is 12.7. The Morgan fingerprint density at radius 1 is 1.05 bits per heavy atom. The van der Waals surface area contributed by atoms with E-state index < -0.39 is 33.1 Å². The summed E-state index contributed by atoms with van der Waals surface area (Å²) < 4.78 is 50.4.